The first kappa shape index (κ1) is 20.2. The first-order chi connectivity index (χ1) is 14.7. The van der Waals surface area contributed by atoms with Gasteiger partial charge >= 0.3 is 5.97 Å². The summed E-state index contributed by atoms with van der Waals surface area (Å²) in [5.41, 5.74) is 2.00. The summed E-state index contributed by atoms with van der Waals surface area (Å²) in [6.45, 7) is 2.73. The van der Waals surface area contributed by atoms with Crippen LogP contribution < -0.4 is 5.32 Å². The second-order valence-corrected chi connectivity index (χ2v) is 8.11. The molecular formula is C21H23N5O3S. The standard InChI is InChI=1S/C21H23N5O3S/c1-2-3-11-26-17(23-24-25-26)12-29-21(28)18-16(14-7-5-4-6-8-14)13-30-20(18)22-19(27)15-9-10-15/h4-8,13,15H,2-3,9-12H2,1H3,(H,22,27). The number of thiophene rings is 1. The lowest BCUT2D eigenvalue weighted by Crippen LogP contribution is -2.16. The molecule has 1 saturated carbocycles. The zero-order chi connectivity index (χ0) is 20.9. The third-order valence-electron chi connectivity index (χ3n) is 4.93. The second-order valence-electron chi connectivity index (χ2n) is 7.23. The molecule has 1 amide bonds. The van der Waals surface area contributed by atoms with Crippen molar-refractivity contribution < 1.29 is 14.3 Å². The molecule has 9 heteroatoms. The zero-order valence-corrected chi connectivity index (χ0v) is 17.5. The van der Waals surface area contributed by atoms with E-state index in [1.165, 1.54) is 11.3 Å². The van der Waals surface area contributed by atoms with Gasteiger partial charge in [0, 0.05) is 23.4 Å². The molecule has 0 spiro atoms. The molecule has 1 N–H and O–H groups in total. The molecule has 1 aliphatic rings. The number of unbranched alkanes of at least 4 members (excludes halogenated alkanes) is 1. The molecule has 8 nitrogen and oxygen atoms in total. The van der Waals surface area contributed by atoms with Crippen LogP contribution in [0.1, 0.15) is 48.8 Å². The van der Waals surface area contributed by atoms with E-state index in [-0.39, 0.29) is 18.4 Å². The molecule has 2 aromatic heterocycles. The monoisotopic (exact) mass is 425 g/mol. The van der Waals surface area contributed by atoms with Gasteiger partial charge in [-0.05, 0) is 35.3 Å². The number of nitrogens with one attached hydrogen (secondary N) is 1. The van der Waals surface area contributed by atoms with Crippen LogP contribution in [0.3, 0.4) is 0 Å². The Morgan fingerprint density at radius 1 is 1.27 bits per heavy atom. The van der Waals surface area contributed by atoms with Crippen molar-refractivity contribution in [3.05, 3.63) is 47.1 Å². The number of aryl methyl sites for hydroxylation is 1. The number of benzene rings is 1. The summed E-state index contributed by atoms with van der Waals surface area (Å²) < 4.78 is 7.22. The van der Waals surface area contributed by atoms with Crippen LogP contribution in [-0.4, -0.2) is 32.1 Å². The van der Waals surface area contributed by atoms with E-state index >= 15 is 0 Å². The van der Waals surface area contributed by atoms with Crippen LogP contribution in [0, 0.1) is 5.92 Å². The molecule has 0 saturated heterocycles. The molecule has 2 heterocycles. The number of rotatable bonds is 9. The average Bonchev–Trinajstić information content (AvgIpc) is 3.39. The number of ether oxygens (including phenoxy) is 1. The number of carbonyl (C=O) groups excluding carboxylic acids is 2. The van der Waals surface area contributed by atoms with Gasteiger partial charge in [-0.2, -0.15) is 0 Å². The third-order valence-corrected chi connectivity index (χ3v) is 5.82. The van der Waals surface area contributed by atoms with Gasteiger partial charge in [0.1, 0.15) is 10.6 Å². The highest BCUT2D eigenvalue weighted by molar-refractivity contribution is 7.15. The van der Waals surface area contributed by atoms with Gasteiger partial charge in [-0.1, -0.05) is 43.7 Å². The Balaban J connectivity index is 1.56. The maximum atomic E-state index is 13.1. The Bertz CT molecular complexity index is 1030. The Morgan fingerprint density at radius 3 is 2.80 bits per heavy atom. The summed E-state index contributed by atoms with van der Waals surface area (Å²) >= 11 is 1.33. The van der Waals surface area contributed by atoms with Crippen LogP contribution in [0.25, 0.3) is 11.1 Å². The maximum absolute atomic E-state index is 13.1. The van der Waals surface area contributed by atoms with Crippen LogP contribution in [-0.2, 0) is 22.7 Å². The summed E-state index contributed by atoms with van der Waals surface area (Å²) in [5, 5.41) is 16.9. The van der Waals surface area contributed by atoms with Gasteiger partial charge in [0.2, 0.25) is 5.91 Å². The Kier molecular flexibility index (Phi) is 6.18. The van der Waals surface area contributed by atoms with Gasteiger partial charge in [-0.15, -0.1) is 16.4 Å². The van der Waals surface area contributed by atoms with E-state index in [1.807, 2.05) is 35.7 Å². The predicted octanol–water partition coefficient (Wildman–Crippen LogP) is 3.91. The molecule has 0 unspecified atom stereocenters. The van der Waals surface area contributed by atoms with Crippen LogP contribution in [0.2, 0.25) is 0 Å². The number of hydrogen-bond donors (Lipinski definition) is 1. The summed E-state index contributed by atoms with van der Waals surface area (Å²) in [6.07, 6.45) is 3.73. The molecule has 1 fully saturated rings. The normalized spacial score (nSPS) is 13.2. The number of aromatic nitrogens is 4. The van der Waals surface area contributed by atoms with Gasteiger partial charge in [0.25, 0.3) is 0 Å². The SMILES string of the molecule is CCCCn1nnnc1COC(=O)c1c(-c2ccccc2)csc1NC(=O)C1CC1. The Hall–Kier alpha value is -3.07. The van der Waals surface area contributed by atoms with Crippen molar-refractivity contribution in [1.29, 1.82) is 0 Å². The van der Waals surface area contributed by atoms with E-state index in [9.17, 15) is 9.59 Å². The van der Waals surface area contributed by atoms with Crippen molar-refractivity contribution in [2.24, 2.45) is 5.92 Å². The van der Waals surface area contributed by atoms with E-state index < -0.39 is 5.97 Å². The van der Waals surface area contributed by atoms with Crippen LogP contribution in [0.5, 0.6) is 0 Å². The highest BCUT2D eigenvalue weighted by atomic mass is 32.1. The largest absolute Gasteiger partial charge is 0.454 e. The molecule has 0 atom stereocenters. The fourth-order valence-electron chi connectivity index (χ4n) is 3.05. The van der Waals surface area contributed by atoms with Crippen molar-refractivity contribution in [2.75, 3.05) is 5.32 Å². The molecule has 4 rings (SSSR count). The highest BCUT2D eigenvalue weighted by Crippen LogP contribution is 2.38. The fourth-order valence-corrected chi connectivity index (χ4v) is 4.01. The van der Waals surface area contributed by atoms with E-state index in [1.54, 1.807) is 4.68 Å². The smallest absolute Gasteiger partial charge is 0.342 e. The van der Waals surface area contributed by atoms with Crippen LogP contribution in [0.15, 0.2) is 35.7 Å². The maximum Gasteiger partial charge on any atom is 0.342 e. The van der Waals surface area contributed by atoms with Gasteiger partial charge in [-0.3, -0.25) is 4.79 Å². The van der Waals surface area contributed by atoms with Crippen LogP contribution in [0.4, 0.5) is 5.00 Å². The molecular weight excluding hydrogens is 402 g/mol. The molecule has 1 aliphatic carbocycles. The number of carbonyl (C=O) groups is 2. The van der Waals surface area contributed by atoms with Gasteiger partial charge in [-0.25, -0.2) is 9.48 Å². The molecule has 1 aromatic carbocycles. The summed E-state index contributed by atoms with van der Waals surface area (Å²) in [5.74, 6) is -0.0172. The summed E-state index contributed by atoms with van der Waals surface area (Å²) in [7, 11) is 0. The van der Waals surface area contributed by atoms with Gasteiger partial charge < -0.3 is 10.1 Å². The lowest BCUT2D eigenvalue weighted by molar-refractivity contribution is -0.117. The minimum Gasteiger partial charge on any atom is -0.454 e. The third kappa shape index (κ3) is 4.56. The van der Waals surface area contributed by atoms with Crippen molar-refractivity contribution in [3.63, 3.8) is 0 Å². The first-order valence-corrected chi connectivity index (χ1v) is 10.9. The minimum atomic E-state index is -0.508. The van der Waals surface area contributed by atoms with Crippen molar-refractivity contribution in [1.82, 2.24) is 20.2 Å². The Morgan fingerprint density at radius 2 is 2.07 bits per heavy atom. The molecule has 30 heavy (non-hydrogen) atoms. The average molecular weight is 426 g/mol. The molecule has 0 radical (unpaired) electrons. The van der Waals surface area contributed by atoms with Gasteiger partial charge in [0.05, 0.1) is 0 Å². The number of tetrazole rings is 1. The van der Waals surface area contributed by atoms with Gasteiger partial charge in [0.15, 0.2) is 12.4 Å². The molecule has 0 aliphatic heterocycles. The molecule has 156 valence electrons. The van der Waals surface area contributed by atoms with Crippen molar-refractivity contribution >= 4 is 28.2 Å². The van der Waals surface area contributed by atoms with E-state index in [0.717, 1.165) is 36.8 Å². The first-order valence-electron chi connectivity index (χ1n) is 10.1. The minimum absolute atomic E-state index is 0.0321. The van der Waals surface area contributed by atoms with E-state index in [4.69, 9.17) is 4.74 Å². The van der Waals surface area contributed by atoms with Crippen molar-refractivity contribution in [3.8, 4) is 11.1 Å². The molecule has 3 aromatic rings. The lowest BCUT2D eigenvalue weighted by atomic mass is 10.0. The summed E-state index contributed by atoms with van der Waals surface area (Å²) in [6, 6.07) is 9.59. The fraction of sp³-hybridized carbons (Fsp3) is 0.381. The number of esters is 1. The number of amides is 1. The summed E-state index contributed by atoms with van der Waals surface area (Å²) in [4.78, 5) is 25.4. The highest BCUT2D eigenvalue weighted by Gasteiger charge is 2.32. The Labute approximate surface area is 178 Å². The van der Waals surface area contributed by atoms with Crippen LogP contribution >= 0.6 is 11.3 Å². The quantitative estimate of drug-likeness (QED) is 0.522. The van der Waals surface area contributed by atoms with Crippen molar-refractivity contribution in [2.45, 2.75) is 45.8 Å². The number of nitrogens with zero attached hydrogens (tertiary/aromatic N) is 4. The molecule has 0 bridgehead atoms. The lowest BCUT2D eigenvalue weighted by Gasteiger charge is -2.10. The van der Waals surface area contributed by atoms with E-state index in [0.29, 0.717) is 22.9 Å². The predicted molar refractivity (Wildman–Crippen MR) is 113 cm³/mol. The topological polar surface area (TPSA) is 99.0 Å². The second kappa shape index (κ2) is 9.17. The number of hydrogen-bond acceptors (Lipinski definition) is 7. The zero-order valence-electron chi connectivity index (χ0n) is 16.7. The van der Waals surface area contributed by atoms with E-state index in [2.05, 4.69) is 27.8 Å². The number of anilines is 1.